The minimum Gasteiger partial charge on any atom is -0.507 e. The molecular formula is C19H13F2N3O2. The summed E-state index contributed by atoms with van der Waals surface area (Å²) in [7, 11) is 0. The molecule has 0 unspecified atom stereocenters. The van der Waals surface area contributed by atoms with Gasteiger partial charge in [0, 0.05) is 24.0 Å². The maximum absolute atomic E-state index is 13.9. The van der Waals surface area contributed by atoms with Gasteiger partial charge in [-0.2, -0.15) is 5.10 Å². The van der Waals surface area contributed by atoms with Crippen molar-refractivity contribution in [2.24, 2.45) is 5.10 Å². The highest BCUT2D eigenvalue weighted by atomic mass is 19.1. The normalized spacial score (nSPS) is 10.8. The van der Waals surface area contributed by atoms with Crippen molar-refractivity contribution < 1.29 is 18.7 Å². The summed E-state index contributed by atoms with van der Waals surface area (Å²) >= 11 is 0. The van der Waals surface area contributed by atoms with E-state index in [2.05, 4.69) is 15.5 Å². The van der Waals surface area contributed by atoms with Crippen molar-refractivity contribution >= 4 is 12.1 Å². The first-order valence-corrected chi connectivity index (χ1v) is 7.56. The topological polar surface area (TPSA) is 74.6 Å². The third kappa shape index (κ3) is 3.89. The Hall–Kier alpha value is -3.61. The molecule has 7 heteroatoms. The number of carbonyl (C=O) groups is 1. The number of aromatic hydroxyl groups is 1. The first-order valence-electron chi connectivity index (χ1n) is 7.56. The second-order valence-electron chi connectivity index (χ2n) is 5.34. The van der Waals surface area contributed by atoms with Gasteiger partial charge < -0.3 is 5.11 Å². The Balaban J connectivity index is 1.83. The first-order chi connectivity index (χ1) is 12.5. The number of phenolic OH excluding ortho intramolecular Hbond substituents is 1. The molecule has 0 saturated carbocycles. The van der Waals surface area contributed by atoms with Crippen molar-refractivity contribution in [1.82, 2.24) is 10.4 Å². The van der Waals surface area contributed by atoms with E-state index in [0.717, 1.165) is 17.7 Å². The van der Waals surface area contributed by atoms with E-state index in [4.69, 9.17) is 0 Å². The highest BCUT2D eigenvalue weighted by Gasteiger charge is 2.14. The number of rotatable bonds is 4. The summed E-state index contributed by atoms with van der Waals surface area (Å²) in [4.78, 5) is 16.1. The van der Waals surface area contributed by atoms with Crippen molar-refractivity contribution in [2.75, 3.05) is 0 Å². The quantitative estimate of drug-likeness (QED) is 0.557. The van der Waals surface area contributed by atoms with E-state index in [1.54, 1.807) is 24.5 Å². The average molecular weight is 353 g/mol. The average Bonchev–Trinajstić information content (AvgIpc) is 2.63. The molecule has 0 fully saturated rings. The zero-order valence-corrected chi connectivity index (χ0v) is 13.4. The lowest BCUT2D eigenvalue weighted by atomic mass is 10.0. The molecule has 1 amide bonds. The van der Waals surface area contributed by atoms with Gasteiger partial charge in [0.15, 0.2) is 0 Å². The van der Waals surface area contributed by atoms with E-state index in [-0.39, 0.29) is 16.9 Å². The number of nitrogens with one attached hydrogen (secondary N) is 1. The monoisotopic (exact) mass is 353 g/mol. The van der Waals surface area contributed by atoms with Crippen LogP contribution < -0.4 is 5.43 Å². The Morgan fingerprint density at radius 2 is 1.85 bits per heavy atom. The van der Waals surface area contributed by atoms with Gasteiger partial charge in [-0.05, 0) is 47.5 Å². The van der Waals surface area contributed by atoms with Gasteiger partial charge in [0.05, 0.1) is 11.8 Å². The van der Waals surface area contributed by atoms with Gasteiger partial charge in [0.2, 0.25) is 0 Å². The van der Waals surface area contributed by atoms with Crippen molar-refractivity contribution in [3.63, 3.8) is 0 Å². The third-order valence-electron chi connectivity index (χ3n) is 3.57. The number of nitrogens with zero attached hydrogens (tertiary/aromatic N) is 2. The molecule has 2 aromatic carbocycles. The first kappa shape index (κ1) is 17.2. The molecule has 5 nitrogen and oxygen atoms in total. The molecule has 0 bridgehead atoms. The number of pyridine rings is 1. The summed E-state index contributed by atoms with van der Waals surface area (Å²) in [5.41, 5.74) is 3.36. The lowest BCUT2D eigenvalue weighted by Crippen LogP contribution is -2.17. The molecule has 0 aliphatic heterocycles. The number of hydrogen-bond donors (Lipinski definition) is 2. The molecule has 1 aromatic heterocycles. The summed E-state index contributed by atoms with van der Waals surface area (Å²) in [5, 5.41) is 13.7. The third-order valence-corrected chi connectivity index (χ3v) is 3.57. The minimum atomic E-state index is -0.766. The van der Waals surface area contributed by atoms with Crippen molar-refractivity contribution in [3.05, 3.63) is 83.7 Å². The highest BCUT2D eigenvalue weighted by molar-refractivity contribution is 5.98. The van der Waals surface area contributed by atoms with Gasteiger partial charge in [0.25, 0.3) is 5.91 Å². The predicted molar refractivity (Wildman–Crippen MR) is 92.8 cm³/mol. The van der Waals surface area contributed by atoms with Crippen LogP contribution in [0.2, 0.25) is 0 Å². The molecule has 0 atom stereocenters. The van der Waals surface area contributed by atoms with Crippen LogP contribution in [-0.4, -0.2) is 22.2 Å². The lowest BCUT2D eigenvalue weighted by molar-refractivity contribution is 0.0952. The van der Waals surface area contributed by atoms with Crippen molar-refractivity contribution in [1.29, 1.82) is 0 Å². The van der Waals surface area contributed by atoms with E-state index in [1.807, 2.05) is 0 Å². The second-order valence-corrected chi connectivity index (χ2v) is 5.34. The number of benzene rings is 2. The summed E-state index contributed by atoms with van der Waals surface area (Å²) in [6.07, 6.45) is 4.57. The van der Waals surface area contributed by atoms with Crippen molar-refractivity contribution in [3.8, 4) is 16.9 Å². The molecule has 0 aliphatic carbocycles. The Bertz CT molecular complexity index is 976. The Morgan fingerprint density at radius 3 is 2.58 bits per heavy atom. The van der Waals surface area contributed by atoms with Crippen LogP contribution in [0.4, 0.5) is 8.78 Å². The summed E-state index contributed by atoms with van der Waals surface area (Å²) < 4.78 is 27.0. The van der Waals surface area contributed by atoms with Gasteiger partial charge in [-0.25, -0.2) is 14.2 Å². The van der Waals surface area contributed by atoms with Gasteiger partial charge in [0.1, 0.15) is 17.4 Å². The SMILES string of the molecule is O=C(N/N=C/c1ccncc1)c1cc(-c2ccc(F)cc2F)ccc1O. The standard InChI is InChI=1S/C19H13F2N3O2/c20-14-2-3-15(17(21)10-14)13-1-4-18(25)16(9-13)19(26)24-23-11-12-5-7-22-8-6-12/h1-11,25H,(H,24,26)/b23-11+. The number of amides is 1. The fraction of sp³-hybridized carbons (Fsp3) is 0. The Kier molecular flexibility index (Phi) is 4.98. The van der Waals surface area contributed by atoms with E-state index in [1.165, 1.54) is 30.5 Å². The zero-order chi connectivity index (χ0) is 18.5. The molecule has 0 spiro atoms. The molecular weight excluding hydrogens is 340 g/mol. The van der Waals surface area contributed by atoms with Crippen LogP contribution in [0, 0.1) is 11.6 Å². The Morgan fingerprint density at radius 1 is 1.08 bits per heavy atom. The predicted octanol–water partition coefficient (Wildman–Crippen LogP) is 3.50. The van der Waals surface area contributed by atoms with E-state index >= 15 is 0 Å². The second kappa shape index (κ2) is 7.52. The van der Waals surface area contributed by atoms with Crippen LogP contribution in [0.3, 0.4) is 0 Å². The number of aromatic nitrogens is 1. The maximum atomic E-state index is 13.9. The molecule has 0 aliphatic rings. The van der Waals surface area contributed by atoms with Crippen LogP contribution in [0.25, 0.3) is 11.1 Å². The van der Waals surface area contributed by atoms with Gasteiger partial charge >= 0.3 is 0 Å². The fourth-order valence-electron chi connectivity index (χ4n) is 2.28. The Labute approximate surface area is 147 Å². The van der Waals surface area contributed by atoms with Gasteiger partial charge in [-0.3, -0.25) is 9.78 Å². The van der Waals surface area contributed by atoms with Crippen LogP contribution in [-0.2, 0) is 0 Å². The van der Waals surface area contributed by atoms with Crippen LogP contribution >= 0.6 is 0 Å². The molecule has 3 rings (SSSR count). The van der Waals surface area contributed by atoms with Crippen molar-refractivity contribution in [2.45, 2.75) is 0 Å². The van der Waals surface area contributed by atoms with Crippen LogP contribution in [0.1, 0.15) is 15.9 Å². The molecule has 130 valence electrons. The van der Waals surface area contributed by atoms with Gasteiger partial charge in [-0.1, -0.05) is 6.07 Å². The van der Waals surface area contributed by atoms with Crippen LogP contribution in [0.5, 0.6) is 5.75 Å². The number of hydrazone groups is 1. The molecule has 2 N–H and O–H groups in total. The number of halogens is 2. The molecule has 0 radical (unpaired) electrons. The number of carbonyl (C=O) groups excluding carboxylic acids is 1. The molecule has 0 saturated heterocycles. The van der Waals surface area contributed by atoms with E-state index in [0.29, 0.717) is 5.56 Å². The molecule has 26 heavy (non-hydrogen) atoms. The maximum Gasteiger partial charge on any atom is 0.275 e. The van der Waals surface area contributed by atoms with Gasteiger partial charge in [-0.15, -0.1) is 0 Å². The zero-order valence-electron chi connectivity index (χ0n) is 13.4. The smallest absolute Gasteiger partial charge is 0.275 e. The van der Waals surface area contributed by atoms with E-state index < -0.39 is 17.5 Å². The summed E-state index contributed by atoms with van der Waals surface area (Å²) in [6.45, 7) is 0. The summed E-state index contributed by atoms with van der Waals surface area (Å²) in [5.74, 6) is -2.42. The van der Waals surface area contributed by atoms with E-state index in [9.17, 15) is 18.7 Å². The molecule has 1 heterocycles. The van der Waals surface area contributed by atoms with Crippen LogP contribution in [0.15, 0.2) is 66.0 Å². The number of phenols is 1. The minimum absolute atomic E-state index is 0.0851. The summed E-state index contributed by atoms with van der Waals surface area (Å²) in [6, 6.07) is 10.5. The molecule has 3 aromatic rings. The largest absolute Gasteiger partial charge is 0.507 e. The fourth-order valence-corrected chi connectivity index (χ4v) is 2.28. The highest BCUT2D eigenvalue weighted by Crippen LogP contribution is 2.28. The number of hydrogen-bond acceptors (Lipinski definition) is 4. The lowest BCUT2D eigenvalue weighted by Gasteiger charge is -2.08.